The first-order valence-electron chi connectivity index (χ1n) is 6.31. The Kier molecular flexibility index (Phi) is 3.71. The molecule has 5 heteroatoms. The highest BCUT2D eigenvalue weighted by Crippen LogP contribution is 2.26. The van der Waals surface area contributed by atoms with Crippen molar-refractivity contribution >= 4 is 23.2 Å². The summed E-state index contributed by atoms with van der Waals surface area (Å²) in [6.45, 7) is 0. The number of halogens is 1. The highest BCUT2D eigenvalue weighted by atomic mass is 35.5. The van der Waals surface area contributed by atoms with E-state index in [1.807, 2.05) is 30.3 Å². The maximum Gasteiger partial charge on any atom is 0.261 e. The van der Waals surface area contributed by atoms with E-state index in [-0.39, 0.29) is 5.91 Å². The van der Waals surface area contributed by atoms with Gasteiger partial charge in [0.25, 0.3) is 5.91 Å². The molecule has 4 nitrogen and oxygen atoms in total. The van der Waals surface area contributed by atoms with Crippen LogP contribution in [-0.4, -0.2) is 11.1 Å². The Hall–Kier alpha value is -2.59. The molecule has 0 fully saturated rings. The average Bonchev–Trinajstić information content (AvgIpc) is 3.00. The van der Waals surface area contributed by atoms with Crippen molar-refractivity contribution in [1.82, 2.24) is 5.16 Å². The van der Waals surface area contributed by atoms with E-state index < -0.39 is 0 Å². The van der Waals surface area contributed by atoms with Gasteiger partial charge in [0, 0.05) is 5.56 Å². The number of benzene rings is 2. The zero-order valence-corrected chi connectivity index (χ0v) is 11.7. The molecule has 0 saturated carbocycles. The van der Waals surface area contributed by atoms with Gasteiger partial charge in [0.1, 0.15) is 5.56 Å². The van der Waals surface area contributed by atoms with E-state index in [0.29, 0.717) is 22.0 Å². The Morgan fingerprint density at radius 2 is 1.76 bits per heavy atom. The third kappa shape index (κ3) is 2.80. The molecule has 0 aliphatic carbocycles. The van der Waals surface area contributed by atoms with Crippen LogP contribution in [0.5, 0.6) is 0 Å². The van der Waals surface area contributed by atoms with Crippen LogP contribution >= 0.6 is 11.6 Å². The molecule has 2 aromatic carbocycles. The molecule has 21 heavy (non-hydrogen) atoms. The molecule has 0 spiro atoms. The maximum absolute atomic E-state index is 12.4. The lowest BCUT2D eigenvalue weighted by Crippen LogP contribution is -2.12. The van der Waals surface area contributed by atoms with E-state index in [2.05, 4.69) is 10.5 Å². The summed E-state index contributed by atoms with van der Waals surface area (Å²) in [5, 5.41) is 6.94. The van der Waals surface area contributed by atoms with Crippen LogP contribution in [0.1, 0.15) is 10.4 Å². The number of anilines is 1. The van der Waals surface area contributed by atoms with Crippen LogP contribution in [0.15, 0.2) is 65.3 Å². The fourth-order valence-electron chi connectivity index (χ4n) is 1.95. The second-order valence-corrected chi connectivity index (χ2v) is 4.78. The summed E-state index contributed by atoms with van der Waals surface area (Å²) >= 11 is 6.03. The fourth-order valence-corrected chi connectivity index (χ4v) is 2.13. The number of nitrogens with zero attached hydrogens (tertiary/aromatic N) is 1. The first-order chi connectivity index (χ1) is 10.3. The Morgan fingerprint density at radius 3 is 2.52 bits per heavy atom. The van der Waals surface area contributed by atoms with Crippen molar-refractivity contribution in [3.8, 4) is 11.3 Å². The standard InChI is InChI=1S/C16H11ClN2O2/c17-13-8-4-5-9-14(13)19-16(20)12-10-18-21-15(12)11-6-2-1-3-7-11/h1-10H,(H,19,20). The van der Waals surface area contributed by atoms with Crippen LogP contribution < -0.4 is 5.32 Å². The van der Waals surface area contributed by atoms with Crippen LogP contribution in [0.2, 0.25) is 5.02 Å². The molecule has 0 radical (unpaired) electrons. The molecular formula is C16H11ClN2O2. The van der Waals surface area contributed by atoms with Gasteiger partial charge in [-0.1, -0.05) is 59.2 Å². The van der Waals surface area contributed by atoms with Crippen molar-refractivity contribution in [3.05, 3.63) is 71.4 Å². The number of nitrogens with one attached hydrogen (secondary N) is 1. The minimum atomic E-state index is -0.316. The summed E-state index contributed by atoms with van der Waals surface area (Å²) in [5.41, 5.74) is 1.70. The lowest BCUT2D eigenvalue weighted by molar-refractivity contribution is 0.102. The van der Waals surface area contributed by atoms with Crippen LogP contribution in [0, 0.1) is 0 Å². The summed E-state index contributed by atoms with van der Waals surface area (Å²) in [6.07, 6.45) is 1.40. The summed E-state index contributed by atoms with van der Waals surface area (Å²) < 4.78 is 5.20. The van der Waals surface area contributed by atoms with E-state index >= 15 is 0 Å². The molecule has 1 aromatic heterocycles. The lowest BCUT2D eigenvalue weighted by atomic mass is 10.1. The number of hydrogen-bond donors (Lipinski definition) is 1. The van der Waals surface area contributed by atoms with E-state index in [9.17, 15) is 4.79 Å². The molecule has 0 bridgehead atoms. The monoisotopic (exact) mass is 298 g/mol. The van der Waals surface area contributed by atoms with Gasteiger partial charge in [-0.2, -0.15) is 0 Å². The number of carbonyl (C=O) groups is 1. The number of hydrogen-bond acceptors (Lipinski definition) is 3. The number of carbonyl (C=O) groups excluding carboxylic acids is 1. The SMILES string of the molecule is O=C(Nc1ccccc1Cl)c1cnoc1-c1ccccc1. The van der Waals surface area contributed by atoms with Crippen LogP contribution in [0.25, 0.3) is 11.3 Å². The Bertz CT molecular complexity index is 769. The third-order valence-electron chi connectivity index (χ3n) is 2.97. The normalized spacial score (nSPS) is 10.3. The van der Waals surface area contributed by atoms with Crippen molar-refractivity contribution in [1.29, 1.82) is 0 Å². The van der Waals surface area contributed by atoms with Crippen molar-refractivity contribution in [2.24, 2.45) is 0 Å². The zero-order valence-electron chi connectivity index (χ0n) is 10.9. The molecule has 0 atom stereocenters. The molecule has 1 heterocycles. The average molecular weight is 299 g/mol. The number of amides is 1. The van der Waals surface area contributed by atoms with Gasteiger partial charge in [0.05, 0.1) is 16.9 Å². The number of rotatable bonds is 3. The topological polar surface area (TPSA) is 55.1 Å². The van der Waals surface area contributed by atoms with Crippen LogP contribution in [0.4, 0.5) is 5.69 Å². The Labute approximate surface area is 126 Å². The van der Waals surface area contributed by atoms with E-state index in [1.54, 1.807) is 24.3 Å². The van der Waals surface area contributed by atoms with Gasteiger partial charge in [0.15, 0.2) is 5.76 Å². The number of para-hydroxylation sites is 1. The van der Waals surface area contributed by atoms with Crippen molar-refractivity contribution in [3.63, 3.8) is 0 Å². The first kappa shape index (κ1) is 13.4. The maximum atomic E-state index is 12.4. The minimum Gasteiger partial charge on any atom is -0.355 e. The summed E-state index contributed by atoms with van der Waals surface area (Å²) in [6, 6.07) is 16.4. The zero-order chi connectivity index (χ0) is 14.7. The molecule has 0 aliphatic heterocycles. The molecular weight excluding hydrogens is 288 g/mol. The van der Waals surface area contributed by atoms with E-state index in [4.69, 9.17) is 16.1 Å². The fraction of sp³-hybridized carbons (Fsp3) is 0. The van der Waals surface area contributed by atoms with Gasteiger partial charge in [-0.3, -0.25) is 4.79 Å². The highest BCUT2D eigenvalue weighted by molar-refractivity contribution is 6.34. The van der Waals surface area contributed by atoms with Gasteiger partial charge in [-0.15, -0.1) is 0 Å². The second kappa shape index (κ2) is 5.81. The molecule has 0 aliphatic rings. The molecule has 1 N–H and O–H groups in total. The van der Waals surface area contributed by atoms with Crippen molar-refractivity contribution in [2.75, 3.05) is 5.32 Å². The predicted molar refractivity (Wildman–Crippen MR) is 81.3 cm³/mol. The van der Waals surface area contributed by atoms with Crippen molar-refractivity contribution < 1.29 is 9.32 Å². The Balaban J connectivity index is 1.90. The van der Waals surface area contributed by atoms with Gasteiger partial charge in [0.2, 0.25) is 0 Å². The summed E-state index contributed by atoms with van der Waals surface area (Å²) in [5.74, 6) is 0.114. The van der Waals surface area contributed by atoms with Crippen molar-refractivity contribution in [2.45, 2.75) is 0 Å². The molecule has 3 aromatic rings. The molecule has 0 unspecified atom stereocenters. The second-order valence-electron chi connectivity index (χ2n) is 4.37. The largest absolute Gasteiger partial charge is 0.355 e. The summed E-state index contributed by atoms with van der Waals surface area (Å²) in [7, 11) is 0. The third-order valence-corrected chi connectivity index (χ3v) is 3.30. The van der Waals surface area contributed by atoms with E-state index in [0.717, 1.165) is 5.56 Å². The minimum absolute atomic E-state index is 0.316. The lowest BCUT2D eigenvalue weighted by Gasteiger charge is -2.06. The first-order valence-corrected chi connectivity index (χ1v) is 6.69. The smallest absolute Gasteiger partial charge is 0.261 e. The van der Waals surface area contributed by atoms with E-state index in [1.165, 1.54) is 6.20 Å². The summed E-state index contributed by atoms with van der Waals surface area (Å²) in [4.78, 5) is 12.4. The predicted octanol–water partition coefficient (Wildman–Crippen LogP) is 4.25. The number of aromatic nitrogens is 1. The van der Waals surface area contributed by atoms with Gasteiger partial charge in [-0.25, -0.2) is 0 Å². The van der Waals surface area contributed by atoms with Crippen LogP contribution in [-0.2, 0) is 0 Å². The van der Waals surface area contributed by atoms with Gasteiger partial charge >= 0.3 is 0 Å². The molecule has 104 valence electrons. The van der Waals surface area contributed by atoms with Crippen LogP contribution in [0.3, 0.4) is 0 Å². The molecule has 0 saturated heterocycles. The quantitative estimate of drug-likeness (QED) is 0.786. The van der Waals surface area contributed by atoms with Gasteiger partial charge in [-0.05, 0) is 12.1 Å². The molecule has 3 rings (SSSR count). The Morgan fingerprint density at radius 1 is 1.05 bits per heavy atom. The van der Waals surface area contributed by atoms with Gasteiger partial charge < -0.3 is 9.84 Å². The molecule has 1 amide bonds. The highest BCUT2D eigenvalue weighted by Gasteiger charge is 2.18.